The third-order valence-electron chi connectivity index (χ3n) is 4.62. The fourth-order valence-corrected chi connectivity index (χ4v) is 3.12. The quantitative estimate of drug-likeness (QED) is 0.681. The minimum absolute atomic E-state index is 0.111. The Morgan fingerprint density at radius 1 is 1.26 bits per heavy atom. The molecule has 2 N–H and O–H groups in total. The van der Waals surface area contributed by atoms with E-state index in [9.17, 15) is 27.2 Å². The third-order valence-corrected chi connectivity index (χ3v) is 4.62. The molecule has 0 radical (unpaired) electrons. The molecule has 31 heavy (non-hydrogen) atoms. The van der Waals surface area contributed by atoms with Crippen LogP contribution in [0.5, 0.6) is 5.75 Å². The Morgan fingerprint density at radius 2 is 1.94 bits per heavy atom. The summed E-state index contributed by atoms with van der Waals surface area (Å²) in [5.41, 5.74) is 0.851. The van der Waals surface area contributed by atoms with Crippen molar-refractivity contribution in [1.82, 2.24) is 25.2 Å². The molecular formula is C18H17F4N5O4. The van der Waals surface area contributed by atoms with Gasteiger partial charge in [-0.1, -0.05) is 0 Å². The highest BCUT2D eigenvalue weighted by Gasteiger charge is 2.40. The molecule has 1 saturated heterocycles. The Labute approximate surface area is 173 Å². The lowest BCUT2D eigenvalue weighted by Gasteiger charge is -2.20. The molecule has 0 unspecified atom stereocenters. The monoisotopic (exact) mass is 443 g/mol. The first kappa shape index (κ1) is 22.2. The number of rotatable bonds is 5. The van der Waals surface area contributed by atoms with Crippen molar-refractivity contribution in [2.24, 2.45) is 0 Å². The number of carbonyl (C=O) groups is 2. The van der Waals surface area contributed by atoms with Crippen molar-refractivity contribution < 1.29 is 37.0 Å². The molecule has 3 heterocycles. The molecule has 2 aromatic heterocycles. The van der Waals surface area contributed by atoms with Crippen molar-refractivity contribution in [2.75, 3.05) is 13.7 Å². The molecule has 2 aromatic rings. The van der Waals surface area contributed by atoms with Crippen LogP contribution >= 0.6 is 0 Å². The second kappa shape index (κ2) is 8.70. The van der Waals surface area contributed by atoms with Crippen LogP contribution in [0.3, 0.4) is 0 Å². The topological polar surface area (TPSA) is 118 Å². The van der Waals surface area contributed by atoms with Crippen molar-refractivity contribution in [3.05, 3.63) is 36.0 Å². The van der Waals surface area contributed by atoms with Gasteiger partial charge < -0.3 is 15.2 Å². The van der Waals surface area contributed by atoms with Crippen molar-refractivity contribution in [2.45, 2.75) is 31.4 Å². The van der Waals surface area contributed by atoms with Crippen LogP contribution in [0.25, 0.3) is 11.3 Å². The summed E-state index contributed by atoms with van der Waals surface area (Å²) in [6.07, 6.45) is -4.51. The molecule has 0 aromatic carbocycles. The predicted octanol–water partition coefficient (Wildman–Crippen LogP) is 2.27. The Morgan fingerprint density at radius 3 is 2.52 bits per heavy atom. The number of pyridine rings is 1. The molecule has 2 amide bonds. The van der Waals surface area contributed by atoms with Crippen LogP contribution in [0.15, 0.2) is 24.7 Å². The maximum Gasteiger partial charge on any atom is 0.451 e. The summed E-state index contributed by atoms with van der Waals surface area (Å²) in [5, 5.41) is 11.6. The van der Waals surface area contributed by atoms with Gasteiger partial charge in [-0.05, 0) is 6.07 Å². The number of likely N-dealkylation sites (tertiary alicyclic amines) is 1. The molecule has 1 aliphatic rings. The first-order valence-corrected chi connectivity index (χ1v) is 8.94. The fourth-order valence-electron chi connectivity index (χ4n) is 3.12. The Kier molecular flexibility index (Phi) is 6.22. The van der Waals surface area contributed by atoms with E-state index < -0.39 is 36.2 Å². The second-order valence-corrected chi connectivity index (χ2v) is 6.68. The summed E-state index contributed by atoms with van der Waals surface area (Å²) in [5.74, 6) is -1.69. The highest BCUT2D eigenvalue weighted by molar-refractivity contribution is 5.86. The maximum absolute atomic E-state index is 13.6. The van der Waals surface area contributed by atoms with E-state index in [1.54, 1.807) is 0 Å². The highest BCUT2D eigenvalue weighted by Crippen LogP contribution is 2.28. The first-order chi connectivity index (χ1) is 14.6. The first-order valence-electron chi connectivity index (χ1n) is 8.94. The number of amides is 2. The van der Waals surface area contributed by atoms with Crippen LogP contribution < -0.4 is 10.1 Å². The van der Waals surface area contributed by atoms with Gasteiger partial charge >= 0.3 is 12.3 Å². The largest absolute Gasteiger partial charge is 0.495 e. The zero-order valence-corrected chi connectivity index (χ0v) is 16.1. The van der Waals surface area contributed by atoms with Crippen LogP contribution in [0.4, 0.5) is 22.4 Å². The molecular weight excluding hydrogens is 426 g/mol. The summed E-state index contributed by atoms with van der Waals surface area (Å²) in [7, 11) is 1.36. The standard InChI is InChI=1S/C18H17F4N5O4/c1-31-14-7-23-12(10-5-25-16(26-6-10)18(20,21)22)2-9(14)4-24-15(28)13-3-11(19)8-27(13)17(29)30/h2,5-7,11,13H,3-4,8H2,1H3,(H,24,28)(H,29,30)/t11-,13+/m1/s1. The number of nitrogens with zero attached hydrogens (tertiary/aromatic N) is 4. The van der Waals surface area contributed by atoms with Gasteiger partial charge in [0.1, 0.15) is 18.0 Å². The number of alkyl halides is 4. The number of nitrogens with one attached hydrogen (secondary N) is 1. The number of hydrogen-bond acceptors (Lipinski definition) is 6. The molecule has 1 fully saturated rings. The van der Waals surface area contributed by atoms with Crippen molar-refractivity contribution in [3.63, 3.8) is 0 Å². The van der Waals surface area contributed by atoms with E-state index in [-0.39, 0.29) is 36.5 Å². The SMILES string of the molecule is COc1cnc(-c2cnc(C(F)(F)F)nc2)cc1CNC(=O)[C@@H]1C[C@@H](F)CN1C(=O)O. The summed E-state index contributed by atoms with van der Waals surface area (Å²) in [6, 6.07) is 0.301. The zero-order chi connectivity index (χ0) is 22.8. The fraction of sp³-hybridized carbons (Fsp3) is 0.389. The number of carboxylic acid groups (broad SMARTS) is 1. The number of methoxy groups -OCH3 is 1. The van der Waals surface area contributed by atoms with E-state index in [0.29, 0.717) is 5.56 Å². The summed E-state index contributed by atoms with van der Waals surface area (Å²) >= 11 is 0. The smallest absolute Gasteiger partial charge is 0.451 e. The van der Waals surface area contributed by atoms with Gasteiger partial charge in [-0.3, -0.25) is 14.7 Å². The maximum atomic E-state index is 13.6. The molecule has 166 valence electrons. The summed E-state index contributed by atoms with van der Waals surface area (Å²) < 4.78 is 56.6. The number of aromatic nitrogens is 3. The summed E-state index contributed by atoms with van der Waals surface area (Å²) in [6.45, 7) is -0.496. The molecule has 2 atom stereocenters. The number of ether oxygens (including phenoxy) is 1. The lowest BCUT2D eigenvalue weighted by molar-refractivity contribution is -0.145. The van der Waals surface area contributed by atoms with E-state index in [1.165, 1.54) is 19.4 Å². The number of halogens is 4. The molecule has 9 nitrogen and oxygen atoms in total. The summed E-state index contributed by atoms with van der Waals surface area (Å²) in [4.78, 5) is 35.0. The predicted molar refractivity (Wildman–Crippen MR) is 96.7 cm³/mol. The molecule has 13 heteroatoms. The molecule has 0 spiro atoms. The second-order valence-electron chi connectivity index (χ2n) is 6.68. The van der Waals surface area contributed by atoms with Crippen LogP contribution in [0.1, 0.15) is 17.8 Å². The lowest BCUT2D eigenvalue weighted by Crippen LogP contribution is -2.45. The van der Waals surface area contributed by atoms with Crippen molar-refractivity contribution >= 4 is 12.0 Å². The zero-order valence-electron chi connectivity index (χ0n) is 16.1. The van der Waals surface area contributed by atoms with Gasteiger partial charge in [0.15, 0.2) is 0 Å². The Balaban J connectivity index is 1.77. The van der Waals surface area contributed by atoms with Crippen LogP contribution in [0.2, 0.25) is 0 Å². The van der Waals surface area contributed by atoms with Gasteiger partial charge in [-0.15, -0.1) is 0 Å². The van der Waals surface area contributed by atoms with E-state index in [1.807, 2.05) is 0 Å². The van der Waals surface area contributed by atoms with Gasteiger partial charge in [0.2, 0.25) is 11.7 Å². The van der Waals surface area contributed by atoms with Gasteiger partial charge in [0.25, 0.3) is 0 Å². The van der Waals surface area contributed by atoms with Gasteiger partial charge in [0, 0.05) is 36.5 Å². The highest BCUT2D eigenvalue weighted by atomic mass is 19.4. The molecule has 1 aliphatic heterocycles. The molecule has 0 aliphatic carbocycles. The van der Waals surface area contributed by atoms with Gasteiger partial charge in [0.05, 0.1) is 25.5 Å². The third kappa shape index (κ3) is 4.98. The van der Waals surface area contributed by atoms with E-state index in [0.717, 1.165) is 17.3 Å². The number of carbonyl (C=O) groups excluding carboxylic acids is 1. The molecule has 3 rings (SSSR count). The average Bonchev–Trinajstić information content (AvgIpc) is 3.13. The minimum Gasteiger partial charge on any atom is -0.495 e. The molecule has 0 saturated carbocycles. The van der Waals surface area contributed by atoms with Crippen LogP contribution in [0, 0.1) is 0 Å². The average molecular weight is 443 g/mol. The molecule has 0 bridgehead atoms. The number of hydrogen-bond donors (Lipinski definition) is 2. The van der Waals surface area contributed by atoms with Gasteiger partial charge in [-0.2, -0.15) is 13.2 Å². The minimum atomic E-state index is -4.68. The van der Waals surface area contributed by atoms with E-state index in [4.69, 9.17) is 9.84 Å². The van der Waals surface area contributed by atoms with Crippen molar-refractivity contribution in [1.29, 1.82) is 0 Å². The van der Waals surface area contributed by atoms with E-state index in [2.05, 4.69) is 20.3 Å². The van der Waals surface area contributed by atoms with Crippen LogP contribution in [-0.4, -0.2) is 62.8 Å². The lowest BCUT2D eigenvalue weighted by atomic mass is 10.1. The Hall–Kier alpha value is -3.51. The van der Waals surface area contributed by atoms with Crippen molar-refractivity contribution in [3.8, 4) is 17.0 Å². The van der Waals surface area contributed by atoms with Crippen LogP contribution in [-0.2, 0) is 17.5 Å². The Bertz CT molecular complexity index is 970. The van der Waals surface area contributed by atoms with E-state index >= 15 is 0 Å². The normalized spacial score (nSPS) is 18.7. The van der Waals surface area contributed by atoms with Gasteiger partial charge in [-0.25, -0.2) is 19.2 Å².